The maximum absolute atomic E-state index is 12.9. The molecule has 3 fully saturated rings. The second-order valence-electron chi connectivity index (χ2n) is 7.81. The van der Waals surface area contributed by atoms with E-state index in [9.17, 15) is 4.79 Å². The van der Waals surface area contributed by atoms with E-state index in [0.717, 1.165) is 32.1 Å². The zero-order valence-corrected chi connectivity index (χ0v) is 14.4. The van der Waals surface area contributed by atoms with Crippen LogP contribution in [0.4, 0.5) is 5.69 Å². The lowest BCUT2D eigenvalue weighted by molar-refractivity contribution is -0.137. The van der Waals surface area contributed by atoms with Crippen LogP contribution in [0.3, 0.4) is 0 Å². The minimum absolute atomic E-state index is 0.348. The maximum Gasteiger partial charge on any atom is 0.226 e. The number of rotatable bonds is 2. The van der Waals surface area contributed by atoms with Gasteiger partial charge in [-0.1, -0.05) is 18.6 Å². The minimum Gasteiger partial charge on any atom is -0.368 e. The van der Waals surface area contributed by atoms with Gasteiger partial charge in [0.1, 0.15) is 0 Å². The summed E-state index contributed by atoms with van der Waals surface area (Å²) in [6.45, 7) is 8.10. The molecule has 2 aliphatic carbocycles. The second-order valence-corrected chi connectivity index (χ2v) is 7.81. The van der Waals surface area contributed by atoms with Gasteiger partial charge in [0.25, 0.3) is 0 Å². The molecule has 0 aromatic heterocycles. The summed E-state index contributed by atoms with van der Waals surface area (Å²) in [5.74, 6) is 2.36. The molecule has 0 N–H and O–H groups in total. The number of hydrogen-bond acceptors (Lipinski definition) is 2. The average molecular weight is 312 g/mol. The zero-order valence-electron chi connectivity index (χ0n) is 14.4. The summed E-state index contributed by atoms with van der Waals surface area (Å²) in [4.78, 5) is 17.5. The normalized spacial score (nSPS) is 30.1. The fourth-order valence-corrected chi connectivity index (χ4v) is 5.03. The average Bonchev–Trinajstić information content (AvgIpc) is 3.20. The van der Waals surface area contributed by atoms with Crippen LogP contribution in [-0.2, 0) is 4.79 Å². The van der Waals surface area contributed by atoms with Gasteiger partial charge in [-0.05, 0) is 62.1 Å². The Balaban J connectivity index is 1.39. The highest BCUT2D eigenvalue weighted by molar-refractivity contribution is 5.80. The fraction of sp³-hybridized carbons (Fsp3) is 0.650. The topological polar surface area (TPSA) is 23.6 Å². The molecule has 3 heteroatoms. The predicted molar refractivity (Wildman–Crippen MR) is 93.6 cm³/mol. The number of hydrogen-bond donors (Lipinski definition) is 0. The van der Waals surface area contributed by atoms with Crippen molar-refractivity contribution in [3.8, 4) is 0 Å². The summed E-state index contributed by atoms with van der Waals surface area (Å²) in [6, 6.07) is 6.54. The van der Waals surface area contributed by atoms with Crippen LogP contribution in [0.1, 0.15) is 36.8 Å². The number of benzene rings is 1. The Morgan fingerprint density at radius 1 is 1.04 bits per heavy atom. The highest BCUT2D eigenvalue weighted by Crippen LogP contribution is 2.48. The van der Waals surface area contributed by atoms with Gasteiger partial charge in [0.15, 0.2) is 0 Å². The number of fused-ring (bicyclic) bond motifs is 2. The van der Waals surface area contributed by atoms with Gasteiger partial charge >= 0.3 is 0 Å². The third-order valence-corrected chi connectivity index (χ3v) is 6.56. The molecule has 2 saturated carbocycles. The molecule has 1 aromatic rings. The van der Waals surface area contributed by atoms with Crippen molar-refractivity contribution in [3.63, 3.8) is 0 Å². The van der Waals surface area contributed by atoms with Crippen molar-refractivity contribution < 1.29 is 4.79 Å². The molecule has 0 spiro atoms. The highest BCUT2D eigenvalue weighted by atomic mass is 16.2. The first kappa shape index (κ1) is 15.0. The number of nitrogens with zero attached hydrogens (tertiary/aromatic N) is 2. The first-order valence-electron chi connectivity index (χ1n) is 9.23. The molecule has 3 nitrogen and oxygen atoms in total. The second kappa shape index (κ2) is 5.85. The van der Waals surface area contributed by atoms with Gasteiger partial charge in [0, 0.05) is 37.8 Å². The standard InChI is InChI=1S/C20H28N2O/c1-14-4-3-5-19(15(14)2)21-8-10-22(11-9-21)20(23)18-13-16-6-7-17(18)12-16/h3-5,16-18H,6-13H2,1-2H3/t16-,17+,18+/m1/s1. The Morgan fingerprint density at radius 2 is 1.83 bits per heavy atom. The van der Waals surface area contributed by atoms with E-state index in [1.165, 1.54) is 42.5 Å². The van der Waals surface area contributed by atoms with E-state index in [0.29, 0.717) is 17.7 Å². The summed E-state index contributed by atoms with van der Waals surface area (Å²) in [6.07, 6.45) is 5.15. The van der Waals surface area contributed by atoms with Gasteiger partial charge in [-0.2, -0.15) is 0 Å². The van der Waals surface area contributed by atoms with E-state index in [-0.39, 0.29) is 0 Å². The van der Waals surface area contributed by atoms with Crippen LogP contribution in [-0.4, -0.2) is 37.0 Å². The largest absolute Gasteiger partial charge is 0.368 e. The Bertz CT molecular complexity index is 604. The number of amides is 1. The van der Waals surface area contributed by atoms with E-state index >= 15 is 0 Å². The third-order valence-electron chi connectivity index (χ3n) is 6.56. The van der Waals surface area contributed by atoms with Gasteiger partial charge < -0.3 is 9.80 Å². The number of carbonyl (C=O) groups is 1. The van der Waals surface area contributed by atoms with Gasteiger partial charge in [-0.25, -0.2) is 0 Å². The van der Waals surface area contributed by atoms with E-state index in [1.54, 1.807) is 0 Å². The van der Waals surface area contributed by atoms with Crippen LogP contribution in [0.15, 0.2) is 18.2 Å². The Morgan fingerprint density at radius 3 is 2.48 bits per heavy atom. The first-order chi connectivity index (χ1) is 11.1. The van der Waals surface area contributed by atoms with Crippen molar-refractivity contribution in [3.05, 3.63) is 29.3 Å². The lowest BCUT2D eigenvalue weighted by Crippen LogP contribution is -2.51. The SMILES string of the molecule is Cc1cccc(N2CCN(C(=O)[C@H]3C[C@@H]4CC[C@H]3C4)CC2)c1C. The Hall–Kier alpha value is -1.51. The van der Waals surface area contributed by atoms with Crippen LogP contribution in [0, 0.1) is 31.6 Å². The molecule has 3 aliphatic rings. The predicted octanol–water partition coefficient (Wildman–Crippen LogP) is 3.39. The molecule has 4 rings (SSSR count). The van der Waals surface area contributed by atoms with E-state index in [2.05, 4.69) is 41.8 Å². The smallest absolute Gasteiger partial charge is 0.226 e. The number of piperazine rings is 1. The summed E-state index contributed by atoms with van der Waals surface area (Å²) in [5.41, 5.74) is 4.07. The van der Waals surface area contributed by atoms with Crippen LogP contribution in [0.5, 0.6) is 0 Å². The zero-order chi connectivity index (χ0) is 16.0. The van der Waals surface area contributed by atoms with Crippen molar-refractivity contribution in [2.75, 3.05) is 31.1 Å². The molecule has 2 bridgehead atoms. The van der Waals surface area contributed by atoms with Crippen LogP contribution >= 0.6 is 0 Å². The molecule has 1 aliphatic heterocycles. The number of anilines is 1. The van der Waals surface area contributed by atoms with Crippen molar-refractivity contribution in [1.29, 1.82) is 0 Å². The van der Waals surface area contributed by atoms with E-state index in [1.807, 2.05) is 0 Å². The maximum atomic E-state index is 12.9. The van der Waals surface area contributed by atoms with Crippen LogP contribution < -0.4 is 4.90 Å². The quantitative estimate of drug-likeness (QED) is 0.836. The lowest BCUT2D eigenvalue weighted by Gasteiger charge is -2.39. The molecule has 3 atom stereocenters. The molecular weight excluding hydrogens is 284 g/mol. The summed E-state index contributed by atoms with van der Waals surface area (Å²) >= 11 is 0. The van der Waals surface area contributed by atoms with Gasteiger partial charge in [0.2, 0.25) is 5.91 Å². The highest BCUT2D eigenvalue weighted by Gasteiger charge is 2.44. The molecule has 0 radical (unpaired) electrons. The first-order valence-corrected chi connectivity index (χ1v) is 9.23. The molecule has 23 heavy (non-hydrogen) atoms. The van der Waals surface area contributed by atoms with Gasteiger partial charge in [-0.3, -0.25) is 4.79 Å². The summed E-state index contributed by atoms with van der Waals surface area (Å²) in [7, 11) is 0. The van der Waals surface area contributed by atoms with Crippen molar-refractivity contribution in [2.24, 2.45) is 17.8 Å². The molecule has 124 valence electrons. The van der Waals surface area contributed by atoms with E-state index in [4.69, 9.17) is 0 Å². The number of aryl methyl sites for hydroxylation is 1. The third kappa shape index (κ3) is 2.64. The summed E-state index contributed by atoms with van der Waals surface area (Å²) < 4.78 is 0. The van der Waals surface area contributed by atoms with Gasteiger partial charge in [0.05, 0.1) is 0 Å². The number of carbonyl (C=O) groups excluding carboxylic acids is 1. The van der Waals surface area contributed by atoms with Crippen molar-refractivity contribution in [1.82, 2.24) is 4.90 Å². The minimum atomic E-state index is 0.348. The lowest BCUT2D eigenvalue weighted by atomic mass is 9.87. The van der Waals surface area contributed by atoms with Crippen molar-refractivity contribution >= 4 is 11.6 Å². The fourth-order valence-electron chi connectivity index (χ4n) is 5.03. The molecule has 1 aromatic carbocycles. The molecule has 1 heterocycles. The monoisotopic (exact) mass is 312 g/mol. The Labute approximate surface area is 139 Å². The van der Waals surface area contributed by atoms with Crippen molar-refractivity contribution in [2.45, 2.75) is 39.5 Å². The molecular formula is C20H28N2O. The van der Waals surface area contributed by atoms with E-state index < -0.39 is 0 Å². The van der Waals surface area contributed by atoms with Gasteiger partial charge in [-0.15, -0.1) is 0 Å². The molecule has 1 saturated heterocycles. The van der Waals surface area contributed by atoms with Crippen LogP contribution in [0.2, 0.25) is 0 Å². The Kier molecular flexibility index (Phi) is 3.82. The molecule has 0 unspecified atom stereocenters. The molecule has 1 amide bonds. The summed E-state index contributed by atoms with van der Waals surface area (Å²) in [5, 5.41) is 0. The van der Waals surface area contributed by atoms with Crippen LogP contribution in [0.25, 0.3) is 0 Å².